The minimum Gasteiger partial charge on any atom is -0.337 e. The highest BCUT2D eigenvalue weighted by Crippen LogP contribution is 2.57. The summed E-state index contributed by atoms with van der Waals surface area (Å²) in [4.78, 5) is 13.7. The minimum absolute atomic E-state index is 0.218. The number of anilines is 3. The van der Waals surface area contributed by atoms with Crippen LogP contribution in [0.3, 0.4) is 0 Å². The highest BCUT2D eigenvalue weighted by molar-refractivity contribution is 5.83. The van der Waals surface area contributed by atoms with E-state index >= 15 is 0 Å². The van der Waals surface area contributed by atoms with Gasteiger partial charge in [-0.05, 0) is 30.9 Å². The van der Waals surface area contributed by atoms with Crippen LogP contribution >= 0.6 is 0 Å². The van der Waals surface area contributed by atoms with E-state index in [1.165, 1.54) is 24.1 Å². The summed E-state index contributed by atoms with van der Waals surface area (Å²) in [5, 5.41) is 0. The van der Waals surface area contributed by atoms with Crippen LogP contribution in [0.15, 0.2) is 36.8 Å². The van der Waals surface area contributed by atoms with E-state index in [0.717, 1.165) is 17.9 Å². The minimum atomic E-state index is 0.218. The van der Waals surface area contributed by atoms with Gasteiger partial charge in [0.15, 0.2) is 5.82 Å². The van der Waals surface area contributed by atoms with Gasteiger partial charge in [0, 0.05) is 24.1 Å². The second-order valence-corrected chi connectivity index (χ2v) is 7.02. The molecule has 4 nitrogen and oxygen atoms in total. The first-order valence-electron chi connectivity index (χ1n) is 9.11. The normalized spacial score (nSPS) is 23.7. The Hall–Kier alpha value is -2.10. The van der Waals surface area contributed by atoms with Crippen LogP contribution in [0.25, 0.3) is 0 Å². The molecular formula is C20H26N4. The third-order valence-electron chi connectivity index (χ3n) is 6.40. The van der Waals surface area contributed by atoms with Crippen LogP contribution < -0.4 is 9.80 Å². The van der Waals surface area contributed by atoms with Crippen LogP contribution in [-0.2, 0) is 5.41 Å². The monoisotopic (exact) mass is 322 g/mol. The van der Waals surface area contributed by atoms with Crippen LogP contribution in [0, 0.1) is 5.92 Å². The fraction of sp³-hybridized carbons (Fsp3) is 0.500. The maximum absolute atomic E-state index is 4.58. The first kappa shape index (κ1) is 15.4. The third kappa shape index (κ3) is 1.74. The van der Waals surface area contributed by atoms with Gasteiger partial charge in [-0.3, -0.25) is 0 Å². The molecule has 1 aromatic heterocycles. The third-order valence-corrected chi connectivity index (χ3v) is 6.40. The Bertz CT molecular complexity index is 753. The molecule has 126 valence electrons. The van der Waals surface area contributed by atoms with Gasteiger partial charge in [0.05, 0.1) is 6.20 Å². The van der Waals surface area contributed by atoms with Crippen LogP contribution in [0.1, 0.15) is 45.6 Å². The molecule has 1 aromatic carbocycles. The van der Waals surface area contributed by atoms with Crippen LogP contribution in [-0.4, -0.2) is 23.2 Å². The Kier molecular flexibility index (Phi) is 3.52. The molecule has 0 radical (unpaired) electrons. The molecule has 2 aliphatic rings. The number of para-hydroxylation sites is 1. The van der Waals surface area contributed by atoms with E-state index in [4.69, 9.17) is 0 Å². The molecule has 0 bridgehead atoms. The van der Waals surface area contributed by atoms with Crippen molar-refractivity contribution in [1.29, 1.82) is 0 Å². The number of nitrogens with zero attached hydrogens (tertiary/aromatic N) is 4. The van der Waals surface area contributed by atoms with Crippen molar-refractivity contribution in [2.45, 2.75) is 51.6 Å². The van der Waals surface area contributed by atoms with Gasteiger partial charge in [0.25, 0.3) is 0 Å². The molecule has 3 heterocycles. The fourth-order valence-electron chi connectivity index (χ4n) is 5.27. The predicted octanol–water partition coefficient (Wildman–Crippen LogP) is 4.49. The van der Waals surface area contributed by atoms with Gasteiger partial charge >= 0.3 is 0 Å². The van der Waals surface area contributed by atoms with E-state index in [2.05, 4.69) is 71.9 Å². The largest absolute Gasteiger partial charge is 0.337 e. The van der Waals surface area contributed by atoms with Crippen molar-refractivity contribution in [2.24, 2.45) is 5.92 Å². The van der Waals surface area contributed by atoms with E-state index in [-0.39, 0.29) is 5.41 Å². The van der Waals surface area contributed by atoms with E-state index in [1.54, 1.807) is 6.33 Å². The van der Waals surface area contributed by atoms with Crippen molar-refractivity contribution in [3.63, 3.8) is 0 Å². The molecule has 2 aromatic rings. The summed E-state index contributed by atoms with van der Waals surface area (Å²) in [7, 11) is 2.18. The van der Waals surface area contributed by atoms with Crippen LogP contribution in [0.4, 0.5) is 17.2 Å². The molecule has 0 spiro atoms. The van der Waals surface area contributed by atoms with E-state index in [0.29, 0.717) is 12.1 Å². The molecule has 0 amide bonds. The topological polar surface area (TPSA) is 32.3 Å². The van der Waals surface area contributed by atoms with Crippen LogP contribution in [0.5, 0.6) is 0 Å². The van der Waals surface area contributed by atoms with Gasteiger partial charge in [-0.25, -0.2) is 9.97 Å². The molecular weight excluding hydrogens is 296 g/mol. The van der Waals surface area contributed by atoms with Gasteiger partial charge in [0.1, 0.15) is 18.2 Å². The van der Waals surface area contributed by atoms with Gasteiger partial charge < -0.3 is 9.80 Å². The Labute approximate surface area is 144 Å². The molecule has 0 fully saturated rings. The average Bonchev–Trinajstić information content (AvgIpc) is 2.94. The first-order chi connectivity index (χ1) is 11.7. The number of benzene rings is 1. The zero-order valence-corrected chi connectivity index (χ0v) is 15.0. The zero-order chi connectivity index (χ0) is 16.9. The summed E-state index contributed by atoms with van der Waals surface area (Å²) in [5.74, 6) is 1.60. The summed E-state index contributed by atoms with van der Waals surface area (Å²) in [5.41, 5.74) is 4.17. The number of aromatic nitrogens is 2. The van der Waals surface area contributed by atoms with Gasteiger partial charge in [-0.2, -0.15) is 0 Å². The maximum atomic E-state index is 4.58. The summed E-state index contributed by atoms with van der Waals surface area (Å²) in [6.45, 7) is 7.03. The zero-order valence-electron chi connectivity index (χ0n) is 15.0. The maximum Gasteiger partial charge on any atom is 0.157 e. The lowest BCUT2D eigenvalue weighted by Gasteiger charge is -2.53. The van der Waals surface area contributed by atoms with E-state index in [9.17, 15) is 0 Å². The van der Waals surface area contributed by atoms with Crippen molar-refractivity contribution in [3.05, 3.63) is 42.4 Å². The second-order valence-electron chi connectivity index (χ2n) is 7.02. The van der Waals surface area contributed by atoms with Crippen molar-refractivity contribution in [1.82, 2.24) is 9.97 Å². The molecule has 0 saturated carbocycles. The fourth-order valence-corrected chi connectivity index (χ4v) is 5.27. The highest BCUT2D eigenvalue weighted by Gasteiger charge is 2.53. The first-order valence-corrected chi connectivity index (χ1v) is 9.11. The summed E-state index contributed by atoms with van der Waals surface area (Å²) in [6.07, 6.45) is 7.43. The average molecular weight is 322 g/mol. The van der Waals surface area contributed by atoms with Crippen molar-refractivity contribution >= 4 is 17.2 Å². The molecule has 4 heteroatoms. The van der Waals surface area contributed by atoms with Gasteiger partial charge in [-0.15, -0.1) is 0 Å². The molecule has 24 heavy (non-hydrogen) atoms. The molecule has 4 rings (SSSR count). The number of hydrogen-bond acceptors (Lipinski definition) is 4. The number of rotatable bonds is 3. The van der Waals surface area contributed by atoms with Gasteiger partial charge in [0.2, 0.25) is 0 Å². The Balaban J connectivity index is 2.02. The number of fused-ring (bicyclic) bond motifs is 5. The number of hydrogen-bond donors (Lipinski definition) is 0. The van der Waals surface area contributed by atoms with Crippen molar-refractivity contribution in [2.75, 3.05) is 16.8 Å². The molecule has 0 N–H and O–H groups in total. The summed E-state index contributed by atoms with van der Waals surface area (Å²) >= 11 is 0. The molecule has 2 atom stereocenters. The molecule has 0 aliphatic carbocycles. The smallest absolute Gasteiger partial charge is 0.157 e. The highest BCUT2D eigenvalue weighted by atomic mass is 15.4. The molecule has 2 aliphatic heterocycles. The Morgan fingerprint density at radius 2 is 1.83 bits per heavy atom. The SMILES string of the molecule is CCC1C2N(C)c3ncncc3N2c2ccccc2C1(CC)CC. The van der Waals surface area contributed by atoms with Crippen molar-refractivity contribution in [3.8, 4) is 0 Å². The van der Waals surface area contributed by atoms with Crippen molar-refractivity contribution < 1.29 is 0 Å². The standard InChI is InChI=1S/C20H26N4/c1-5-14-19-23(4)18-17(12-21-13-22-18)24(19)16-11-9-8-10-15(16)20(14,6-2)7-3/h8-14,19H,5-7H2,1-4H3. The lowest BCUT2D eigenvalue weighted by Crippen LogP contribution is -2.56. The summed E-state index contributed by atoms with van der Waals surface area (Å²) < 4.78 is 0. The Morgan fingerprint density at radius 3 is 2.54 bits per heavy atom. The van der Waals surface area contributed by atoms with Gasteiger partial charge in [-0.1, -0.05) is 39.0 Å². The van der Waals surface area contributed by atoms with E-state index in [1.807, 2.05) is 6.20 Å². The Morgan fingerprint density at radius 1 is 1.08 bits per heavy atom. The van der Waals surface area contributed by atoms with Crippen LogP contribution in [0.2, 0.25) is 0 Å². The lowest BCUT2D eigenvalue weighted by molar-refractivity contribution is 0.191. The summed E-state index contributed by atoms with van der Waals surface area (Å²) in [6, 6.07) is 8.95. The molecule has 2 unspecified atom stereocenters. The van der Waals surface area contributed by atoms with E-state index < -0.39 is 0 Å². The quantitative estimate of drug-likeness (QED) is 0.833. The molecule has 0 saturated heterocycles. The predicted molar refractivity (Wildman–Crippen MR) is 98.8 cm³/mol. The second kappa shape index (κ2) is 5.47. The lowest BCUT2D eigenvalue weighted by atomic mass is 9.61.